The topological polar surface area (TPSA) is 69.0 Å². The third-order valence-electron chi connectivity index (χ3n) is 4.58. The lowest BCUT2D eigenvalue weighted by atomic mass is 10.2. The molecule has 0 atom stereocenters. The summed E-state index contributed by atoms with van der Waals surface area (Å²) < 4.78 is 8.68. The quantitative estimate of drug-likeness (QED) is 0.311. The molecular weight excluding hydrogens is 488 g/mol. The number of para-hydroxylation sites is 2. The molecular formula is C24H21BrN4O2S. The van der Waals surface area contributed by atoms with E-state index < -0.39 is 0 Å². The lowest BCUT2D eigenvalue weighted by molar-refractivity contribution is -0.113. The van der Waals surface area contributed by atoms with E-state index in [9.17, 15) is 4.79 Å². The average molecular weight is 509 g/mol. The highest BCUT2D eigenvalue weighted by atomic mass is 79.9. The fourth-order valence-corrected chi connectivity index (χ4v) is 4.14. The van der Waals surface area contributed by atoms with Gasteiger partial charge in [-0.15, -0.1) is 10.2 Å². The van der Waals surface area contributed by atoms with E-state index in [1.54, 1.807) is 0 Å². The van der Waals surface area contributed by atoms with Crippen molar-refractivity contribution in [2.24, 2.45) is 0 Å². The van der Waals surface area contributed by atoms with Gasteiger partial charge in [-0.2, -0.15) is 0 Å². The van der Waals surface area contributed by atoms with E-state index in [0.717, 1.165) is 21.6 Å². The van der Waals surface area contributed by atoms with Crippen LogP contribution in [0.3, 0.4) is 0 Å². The highest BCUT2D eigenvalue weighted by Gasteiger charge is 2.17. The van der Waals surface area contributed by atoms with Gasteiger partial charge >= 0.3 is 0 Å². The van der Waals surface area contributed by atoms with Crippen LogP contribution in [0.15, 0.2) is 88.5 Å². The van der Waals surface area contributed by atoms with E-state index in [1.807, 2.05) is 90.4 Å². The zero-order valence-corrected chi connectivity index (χ0v) is 19.8. The number of halogens is 1. The Hall–Kier alpha value is -3.10. The van der Waals surface area contributed by atoms with Crippen molar-refractivity contribution in [1.29, 1.82) is 0 Å². The van der Waals surface area contributed by atoms with Gasteiger partial charge in [-0.25, -0.2) is 0 Å². The third-order valence-corrected chi connectivity index (χ3v) is 6.20. The van der Waals surface area contributed by atoms with Crippen LogP contribution >= 0.6 is 27.7 Å². The number of thioether (sulfide) groups is 1. The molecule has 0 fully saturated rings. The first-order chi connectivity index (χ1) is 15.6. The van der Waals surface area contributed by atoms with Gasteiger partial charge in [0.2, 0.25) is 5.91 Å². The zero-order chi connectivity index (χ0) is 22.3. The number of rotatable bonds is 8. The zero-order valence-electron chi connectivity index (χ0n) is 17.4. The van der Waals surface area contributed by atoms with Gasteiger partial charge in [0.1, 0.15) is 12.4 Å². The molecule has 0 aliphatic rings. The normalized spacial score (nSPS) is 10.7. The van der Waals surface area contributed by atoms with Crippen LogP contribution < -0.4 is 10.1 Å². The Kier molecular flexibility index (Phi) is 7.24. The summed E-state index contributed by atoms with van der Waals surface area (Å²) >= 11 is 4.77. The van der Waals surface area contributed by atoms with Crippen molar-refractivity contribution in [3.63, 3.8) is 0 Å². The molecule has 8 heteroatoms. The van der Waals surface area contributed by atoms with Crippen molar-refractivity contribution < 1.29 is 9.53 Å². The summed E-state index contributed by atoms with van der Waals surface area (Å²) in [6, 6.07) is 25.2. The van der Waals surface area contributed by atoms with Gasteiger partial charge in [-0.1, -0.05) is 59.8 Å². The number of ether oxygens (including phenoxy) is 1. The third kappa shape index (κ3) is 5.57. The smallest absolute Gasteiger partial charge is 0.234 e. The van der Waals surface area contributed by atoms with Gasteiger partial charge in [-0.05, 0) is 59.3 Å². The highest BCUT2D eigenvalue weighted by Crippen LogP contribution is 2.25. The highest BCUT2D eigenvalue weighted by molar-refractivity contribution is 9.10. The molecule has 4 rings (SSSR count). The Morgan fingerprint density at radius 2 is 1.72 bits per heavy atom. The molecule has 0 spiro atoms. The van der Waals surface area contributed by atoms with E-state index in [0.29, 0.717) is 11.0 Å². The largest absolute Gasteiger partial charge is 0.486 e. The fraction of sp³-hybridized carbons (Fsp3) is 0.125. The van der Waals surface area contributed by atoms with Gasteiger partial charge in [0, 0.05) is 10.2 Å². The summed E-state index contributed by atoms with van der Waals surface area (Å²) in [5.74, 6) is 1.50. The summed E-state index contributed by atoms with van der Waals surface area (Å²) in [7, 11) is 0. The number of nitrogens with zero attached hydrogens (tertiary/aromatic N) is 3. The molecule has 0 saturated heterocycles. The number of anilines is 1. The average Bonchev–Trinajstić information content (AvgIpc) is 3.22. The van der Waals surface area contributed by atoms with Crippen LogP contribution in [-0.2, 0) is 11.4 Å². The molecule has 1 aromatic heterocycles. The van der Waals surface area contributed by atoms with Crippen molar-refractivity contribution in [2.75, 3.05) is 11.1 Å². The second-order valence-electron chi connectivity index (χ2n) is 6.99. The monoisotopic (exact) mass is 508 g/mol. The Morgan fingerprint density at radius 3 is 2.47 bits per heavy atom. The molecule has 162 valence electrons. The van der Waals surface area contributed by atoms with E-state index in [1.165, 1.54) is 17.3 Å². The Labute approximate surface area is 199 Å². The van der Waals surface area contributed by atoms with Crippen LogP contribution in [0.2, 0.25) is 0 Å². The number of benzene rings is 3. The predicted octanol–water partition coefficient (Wildman–Crippen LogP) is 5.65. The van der Waals surface area contributed by atoms with Crippen LogP contribution in [0.25, 0.3) is 5.69 Å². The molecule has 1 amide bonds. The van der Waals surface area contributed by atoms with Crippen LogP contribution in [0.4, 0.5) is 5.69 Å². The van der Waals surface area contributed by atoms with Crippen molar-refractivity contribution in [3.05, 3.63) is 94.7 Å². The number of hydrogen-bond donors (Lipinski definition) is 1. The number of nitrogens with one attached hydrogen (secondary N) is 1. The molecule has 1 heterocycles. The van der Waals surface area contributed by atoms with E-state index in [2.05, 4.69) is 31.4 Å². The van der Waals surface area contributed by atoms with Gasteiger partial charge in [0.05, 0.1) is 11.4 Å². The van der Waals surface area contributed by atoms with E-state index in [-0.39, 0.29) is 18.3 Å². The maximum absolute atomic E-state index is 12.5. The van der Waals surface area contributed by atoms with Gasteiger partial charge in [0.25, 0.3) is 0 Å². The van der Waals surface area contributed by atoms with Crippen molar-refractivity contribution in [1.82, 2.24) is 14.8 Å². The second kappa shape index (κ2) is 10.5. The van der Waals surface area contributed by atoms with Crippen LogP contribution in [0.1, 0.15) is 11.4 Å². The number of carbonyl (C=O) groups excluding carboxylic acids is 1. The molecule has 3 aromatic carbocycles. The molecule has 0 aliphatic heterocycles. The van der Waals surface area contributed by atoms with Crippen LogP contribution in [-0.4, -0.2) is 26.4 Å². The summed E-state index contributed by atoms with van der Waals surface area (Å²) in [4.78, 5) is 12.5. The van der Waals surface area contributed by atoms with Crippen molar-refractivity contribution in [3.8, 4) is 11.4 Å². The van der Waals surface area contributed by atoms with Crippen molar-refractivity contribution in [2.45, 2.75) is 18.7 Å². The molecule has 4 aromatic rings. The van der Waals surface area contributed by atoms with E-state index in [4.69, 9.17) is 4.74 Å². The first-order valence-electron chi connectivity index (χ1n) is 9.96. The SMILES string of the molecule is Cc1ccc(OCc2nnc(SCC(=O)Nc3ccccc3Br)n2-c2ccccc2)cc1. The summed E-state index contributed by atoms with van der Waals surface area (Å²) in [5.41, 5.74) is 2.81. The number of amides is 1. The summed E-state index contributed by atoms with van der Waals surface area (Å²) in [5, 5.41) is 12.2. The Morgan fingerprint density at radius 1 is 1.00 bits per heavy atom. The molecule has 6 nitrogen and oxygen atoms in total. The number of hydrogen-bond acceptors (Lipinski definition) is 5. The molecule has 0 bridgehead atoms. The molecule has 0 aliphatic carbocycles. The standard InChI is InChI=1S/C24H21BrN4O2S/c1-17-11-13-19(14-12-17)31-15-22-27-28-24(29(22)18-7-3-2-4-8-18)32-16-23(30)26-21-10-6-5-9-20(21)25/h2-14H,15-16H2,1H3,(H,26,30). The maximum atomic E-state index is 12.5. The minimum atomic E-state index is -0.123. The Bertz CT molecular complexity index is 1200. The minimum absolute atomic E-state index is 0.123. The molecule has 32 heavy (non-hydrogen) atoms. The van der Waals surface area contributed by atoms with Crippen molar-refractivity contribution >= 4 is 39.3 Å². The van der Waals surface area contributed by atoms with Gasteiger partial charge < -0.3 is 10.1 Å². The fourth-order valence-electron chi connectivity index (χ4n) is 2.99. The number of aryl methyl sites for hydroxylation is 1. The lowest BCUT2D eigenvalue weighted by Gasteiger charge is -2.11. The number of carbonyl (C=O) groups is 1. The summed E-state index contributed by atoms with van der Waals surface area (Å²) in [6.45, 7) is 2.29. The second-order valence-corrected chi connectivity index (χ2v) is 8.79. The van der Waals surface area contributed by atoms with Gasteiger partial charge in [-0.3, -0.25) is 9.36 Å². The number of aromatic nitrogens is 3. The Balaban J connectivity index is 1.49. The first-order valence-corrected chi connectivity index (χ1v) is 11.7. The lowest BCUT2D eigenvalue weighted by Crippen LogP contribution is -2.15. The molecule has 1 N–H and O–H groups in total. The first kappa shape index (κ1) is 22.1. The van der Waals surface area contributed by atoms with Gasteiger partial charge in [0.15, 0.2) is 11.0 Å². The van der Waals surface area contributed by atoms with Crippen LogP contribution in [0.5, 0.6) is 5.75 Å². The maximum Gasteiger partial charge on any atom is 0.234 e. The van der Waals surface area contributed by atoms with E-state index >= 15 is 0 Å². The summed E-state index contributed by atoms with van der Waals surface area (Å²) in [6.07, 6.45) is 0. The van der Waals surface area contributed by atoms with Crippen LogP contribution in [0, 0.1) is 6.92 Å². The molecule has 0 saturated carbocycles. The molecule has 0 unspecified atom stereocenters. The molecule has 0 radical (unpaired) electrons. The predicted molar refractivity (Wildman–Crippen MR) is 130 cm³/mol. The minimum Gasteiger partial charge on any atom is -0.486 e.